The lowest BCUT2D eigenvalue weighted by atomic mass is 9.90. The monoisotopic (exact) mass is 400 g/mol. The van der Waals surface area contributed by atoms with Crippen molar-refractivity contribution in [3.05, 3.63) is 0 Å². The fraction of sp³-hybridized carbons (Fsp3) is 0.958. The predicted molar refractivity (Wildman–Crippen MR) is 123 cm³/mol. The minimum atomic E-state index is 0.00490. The summed E-state index contributed by atoms with van der Waals surface area (Å²) in [6.07, 6.45) is 15.9. The van der Waals surface area contributed by atoms with Crippen molar-refractivity contribution in [2.45, 2.75) is 118 Å². The topological polar surface area (TPSA) is 26.3 Å². The van der Waals surface area contributed by atoms with Crippen LogP contribution in [0.3, 0.4) is 0 Å². The summed E-state index contributed by atoms with van der Waals surface area (Å²) in [4.78, 5) is 12.0. The first-order valence-corrected chi connectivity index (χ1v) is 12.8. The van der Waals surface area contributed by atoms with Crippen LogP contribution in [0.1, 0.15) is 118 Å². The van der Waals surface area contributed by atoms with E-state index in [2.05, 4.69) is 34.6 Å². The van der Waals surface area contributed by atoms with Crippen molar-refractivity contribution in [3.8, 4) is 0 Å². The van der Waals surface area contributed by atoms with Crippen LogP contribution in [-0.2, 0) is 9.53 Å². The number of esters is 1. The molecule has 27 heavy (non-hydrogen) atoms. The fourth-order valence-corrected chi connectivity index (χ4v) is 4.16. The van der Waals surface area contributed by atoms with Crippen LogP contribution in [-0.4, -0.2) is 24.1 Å². The molecule has 162 valence electrons. The van der Waals surface area contributed by atoms with Crippen molar-refractivity contribution in [1.29, 1.82) is 0 Å². The van der Waals surface area contributed by atoms with Gasteiger partial charge in [0, 0.05) is 5.75 Å². The second kappa shape index (κ2) is 17.9. The molecule has 3 heteroatoms. The second-order valence-corrected chi connectivity index (χ2v) is 10.5. The average Bonchev–Trinajstić information content (AvgIpc) is 2.61. The van der Waals surface area contributed by atoms with Gasteiger partial charge >= 0.3 is 5.97 Å². The summed E-state index contributed by atoms with van der Waals surface area (Å²) >= 11 is 1.91. The van der Waals surface area contributed by atoms with Crippen molar-refractivity contribution >= 4 is 17.7 Å². The Hall–Kier alpha value is -0.180. The fourth-order valence-electron chi connectivity index (χ4n) is 3.24. The van der Waals surface area contributed by atoms with Gasteiger partial charge in [-0.2, -0.15) is 11.8 Å². The maximum absolute atomic E-state index is 12.0. The smallest absolute Gasteiger partial charge is 0.306 e. The third-order valence-corrected chi connectivity index (χ3v) is 6.15. The van der Waals surface area contributed by atoms with Gasteiger partial charge in [-0.1, -0.05) is 86.0 Å². The van der Waals surface area contributed by atoms with E-state index in [9.17, 15) is 4.79 Å². The lowest BCUT2D eigenvalue weighted by molar-refractivity contribution is -0.144. The zero-order chi connectivity index (χ0) is 20.4. The van der Waals surface area contributed by atoms with E-state index in [1.807, 2.05) is 11.8 Å². The van der Waals surface area contributed by atoms with Crippen molar-refractivity contribution in [3.63, 3.8) is 0 Å². The average molecular weight is 401 g/mol. The highest BCUT2D eigenvalue weighted by Gasteiger charge is 2.12. The van der Waals surface area contributed by atoms with Gasteiger partial charge in [0.05, 0.1) is 13.0 Å². The highest BCUT2D eigenvalue weighted by atomic mass is 32.2. The van der Waals surface area contributed by atoms with Gasteiger partial charge in [0.15, 0.2) is 0 Å². The highest BCUT2D eigenvalue weighted by molar-refractivity contribution is 7.99. The number of hydrogen-bond donors (Lipinski definition) is 0. The molecule has 1 atom stereocenters. The van der Waals surface area contributed by atoms with Gasteiger partial charge in [0.25, 0.3) is 0 Å². The van der Waals surface area contributed by atoms with Crippen LogP contribution in [0, 0.1) is 11.3 Å². The molecule has 0 aromatic carbocycles. The minimum absolute atomic E-state index is 0.00490. The Kier molecular flexibility index (Phi) is 17.8. The van der Waals surface area contributed by atoms with Crippen LogP contribution >= 0.6 is 11.8 Å². The predicted octanol–water partition coefficient (Wildman–Crippen LogP) is 8.04. The van der Waals surface area contributed by atoms with E-state index in [0.717, 1.165) is 5.75 Å². The van der Waals surface area contributed by atoms with E-state index in [1.54, 1.807) is 0 Å². The molecule has 0 aliphatic rings. The first kappa shape index (κ1) is 26.8. The standard InChI is InChI=1S/C24H48O2S/c1-6-8-10-12-16-22(15-9-7-2)21-26-23(25)17-20-27-19-14-11-13-18-24(3,4)5/h22H,6-21H2,1-5H3. The van der Waals surface area contributed by atoms with Gasteiger partial charge in [0.2, 0.25) is 0 Å². The Morgan fingerprint density at radius 3 is 2.19 bits per heavy atom. The number of rotatable bonds is 18. The molecule has 0 aromatic heterocycles. The Bertz CT molecular complexity index is 336. The van der Waals surface area contributed by atoms with Crippen molar-refractivity contribution in [1.82, 2.24) is 0 Å². The molecule has 0 aliphatic carbocycles. The van der Waals surface area contributed by atoms with Gasteiger partial charge in [0.1, 0.15) is 0 Å². The summed E-state index contributed by atoms with van der Waals surface area (Å²) in [6, 6.07) is 0. The van der Waals surface area contributed by atoms with Crippen molar-refractivity contribution in [2.24, 2.45) is 11.3 Å². The summed E-state index contributed by atoms with van der Waals surface area (Å²) in [5, 5.41) is 0. The Morgan fingerprint density at radius 2 is 1.52 bits per heavy atom. The molecule has 0 rings (SSSR count). The zero-order valence-electron chi connectivity index (χ0n) is 19.1. The maximum Gasteiger partial charge on any atom is 0.306 e. The lowest BCUT2D eigenvalue weighted by Crippen LogP contribution is -2.15. The second-order valence-electron chi connectivity index (χ2n) is 9.27. The summed E-state index contributed by atoms with van der Waals surface area (Å²) in [5.74, 6) is 2.66. The van der Waals surface area contributed by atoms with Crippen molar-refractivity contribution in [2.75, 3.05) is 18.1 Å². The molecule has 0 aromatic rings. The molecule has 0 heterocycles. The van der Waals surface area contributed by atoms with Crippen LogP contribution in [0.5, 0.6) is 0 Å². The zero-order valence-corrected chi connectivity index (χ0v) is 19.9. The SMILES string of the molecule is CCCCCCC(CCCC)COC(=O)CCSCCCCCC(C)(C)C. The molecule has 0 amide bonds. The Labute approximate surface area is 175 Å². The van der Waals surface area contributed by atoms with E-state index in [0.29, 0.717) is 24.4 Å². The molecule has 2 nitrogen and oxygen atoms in total. The van der Waals surface area contributed by atoms with E-state index in [-0.39, 0.29) is 5.97 Å². The van der Waals surface area contributed by atoms with Crippen LogP contribution in [0.2, 0.25) is 0 Å². The number of unbranched alkanes of at least 4 members (excludes halogenated alkanes) is 6. The van der Waals surface area contributed by atoms with Gasteiger partial charge in [-0.05, 0) is 42.8 Å². The molecule has 1 unspecified atom stereocenters. The van der Waals surface area contributed by atoms with Crippen LogP contribution in [0.4, 0.5) is 0 Å². The summed E-state index contributed by atoms with van der Waals surface area (Å²) in [5.41, 5.74) is 0.460. The molecular formula is C24H48O2S. The molecular weight excluding hydrogens is 352 g/mol. The molecule has 0 saturated carbocycles. The number of ether oxygens (including phenoxy) is 1. The number of carbonyl (C=O) groups is 1. The quantitative estimate of drug-likeness (QED) is 0.172. The van der Waals surface area contributed by atoms with E-state index < -0.39 is 0 Å². The lowest BCUT2D eigenvalue weighted by Gasteiger charge is -2.17. The normalized spacial score (nSPS) is 12.9. The Morgan fingerprint density at radius 1 is 0.852 bits per heavy atom. The first-order chi connectivity index (χ1) is 12.9. The van der Waals surface area contributed by atoms with Gasteiger partial charge in [-0.15, -0.1) is 0 Å². The first-order valence-electron chi connectivity index (χ1n) is 11.6. The maximum atomic E-state index is 12.0. The largest absolute Gasteiger partial charge is 0.465 e. The van der Waals surface area contributed by atoms with E-state index in [4.69, 9.17) is 4.74 Å². The Balaban J connectivity index is 3.69. The van der Waals surface area contributed by atoms with Crippen LogP contribution in [0.25, 0.3) is 0 Å². The molecule has 0 N–H and O–H groups in total. The number of carbonyl (C=O) groups excluding carboxylic acids is 1. The summed E-state index contributed by atoms with van der Waals surface area (Å²) in [6.45, 7) is 12.1. The molecule has 0 aliphatic heterocycles. The summed E-state index contributed by atoms with van der Waals surface area (Å²) < 4.78 is 5.59. The van der Waals surface area contributed by atoms with Gasteiger partial charge in [-0.25, -0.2) is 0 Å². The number of hydrogen-bond acceptors (Lipinski definition) is 3. The van der Waals surface area contributed by atoms with Gasteiger partial charge in [-0.3, -0.25) is 4.79 Å². The third-order valence-electron chi connectivity index (χ3n) is 5.08. The van der Waals surface area contributed by atoms with Crippen molar-refractivity contribution < 1.29 is 9.53 Å². The van der Waals surface area contributed by atoms with Crippen LogP contribution in [0.15, 0.2) is 0 Å². The molecule has 0 saturated heterocycles. The van der Waals surface area contributed by atoms with E-state index >= 15 is 0 Å². The molecule has 0 radical (unpaired) electrons. The minimum Gasteiger partial charge on any atom is -0.465 e. The van der Waals surface area contributed by atoms with Gasteiger partial charge < -0.3 is 4.74 Å². The summed E-state index contributed by atoms with van der Waals surface area (Å²) in [7, 11) is 0. The highest BCUT2D eigenvalue weighted by Crippen LogP contribution is 2.22. The van der Waals surface area contributed by atoms with E-state index in [1.165, 1.54) is 82.8 Å². The third kappa shape index (κ3) is 20.4. The molecule has 0 spiro atoms. The molecule has 0 bridgehead atoms. The number of thioether (sulfide) groups is 1. The van der Waals surface area contributed by atoms with Crippen LogP contribution < -0.4 is 0 Å². The molecule has 0 fully saturated rings.